The Morgan fingerprint density at radius 1 is 1.38 bits per heavy atom. The van der Waals surface area contributed by atoms with Crippen molar-refractivity contribution in [2.24, 2.45) is 0 Å². The quantitative estimate of drug-likeness (QED) is 0.851. The van der Waals surface area contributed by atoms with E-state index in [-0.39, 0.29) is 11.5 Å². The Balaban J connectivity index is 1.69. The topological polar surface area (TPSA) is 54.0 Å². The van der Waals surface area contributed by atoms with E-state index in [1.165, 1.54) is 19.3 Å². The van der Waals surface area contributed by atoms with Gasteiger partial charge in [-0.3, -0.25) is 10.00 Å². The van der Waals surface area contributed by atoms with Gasteiger partial charge in [-0.15, -0.1) is 0 Å². The lowest BCUT2D eigenvalue weighted by Gasteiger charge is -2.37. The lowest BCUT2D eigenvalue weighted by Crippen LogP contribution is -2.44. The average molecular weight is 290 g/mol. The fourth-order valence-electron chi connectivity index (χ4n) is 2.99. The van der Waals surface area contributed by atoms with E-state index >= 15 is 0 Å². The van der Waals surface area contributed by atoms with E-state index in [4.69, 9.17) is 4.74 Å². The fraction of sp³-hybridized carbons (Fsp3) is 0.750. The summed E-state index contributed by atoms with van der Waals surface area (Å²) in [7, 11) is 0. The maximum Gasteiger partial charge on any atom is 0.156 e. The summed E-state index contributed by atoms with van der Waals surface area (Å²) in [5, 5.41) is 7.43. The van der Waals surface area contributed by atoms with Crippen LogP contribution in [0.4, 0.5) is 0 Å². The summed E-state index contributed by atoms with van der Waals surface area (Å²) in [5.74, 6) is 1.72. The molecule has 3 rings (SSSR count). The molecular formula is C16H26N4O. The second-order valence-electron chi connectivity index (χ2n) is 7.08. The highest BCUT2D eigenvalue weighted by Crippen LogP contribution is 2.26. The van der Waals surface area contributed by atoms with Gasteiger partial charge in [-0.2, -0.15) is 5.10 Å². The van der Waals surface area contributed by atoms with Gasteiger partial charge in [0.25, 0.3) is 0 Å². The first kappa shape index (κ1) is 14.7. The van der Waals surface area contributed by atoms with Crippen LogP contribution < -0.4 is 0 Å². The number of morpholine rings is 1. The Morgan fingerprint density at radius 3 is 2.90 bits per heavy atom. The van der Waals surface area contributed by atoms with Crippen LogP contribution in [-0.4, -0.2) is 45.8 Å². The lowest BCUT2D eigenvalue weighted by molar-refractivity contribution is -0.0442. The van der Waals surface area contributed by atoms with E-state index in [1.54, 1.807) is 0 Å². The first-order chi connectivity index (χ1) is 10.0. The monoisotopic (exact) mass is 290 g/mol. The maximum absolute atomic E-state index is 5.91. The molecule has 1 N–H and O–H groups in total. The summed E-state index contributed by atoms with van der Waals surface area (Å²) in [6, 6.07) is 0.565. The fourth-order valence-corrected chi connectivity index (χ4v) is 2.99. The summed E-state index contributed by atoms with van der Waals surface area (Å²) in [5.41, 5.74) is -0.0325. The Labute approximate surface area is 126 Å². The van der Waals surface area contributed by atoms with Gasteiger partial charge in [0, 0.05) is 24.5 Å². The van der Waals surface area contributed by atoms with E-state index in [2.05, 4.69) is 53.0 Å². The number of allylic oxidation sites excluding steroid dienone is 1. The molecule has 0 saturated carbocycles. The van der Waals surface area contributed by atoms with Gasteiger partial charge < -0.3 is 4.74 Å². The van der Waals surface area contributed by atoms with E-state index in [9.17, 15) is 0 Å². The number of aromatic amines is 1. The van der Waals surface area contributed by atoms with Gasteiger partial charge in [0.1, 0.15) is 6.10 Å². The van der Waals surface area contributed by atoms with Gasteiger partial charge in [-0.05, 0) is 19.3 Å². The smallest absolute Gasteiger partial charge is 0.156 e. The third kappa shape index (κ3) is 3.35. The van der Waals surface area contributed by atoms with Crippen molar-refractivity contribution >= 4 is 0 Å². The molecule has 5 heteroatoms. The minimum atomic E-state index is -0.0325. The van der Waals surface area contributed by atoms with Crippen molar-refractivity contribution in [3.8, 4) is 0 Å². The zero-order chi connectivity index (χ0) is 14.9. The van der Waals surface area contributed by atoms with Gasteiger partial charge in [-0.25, -0.2) is 4.98 Å². The Bertz CT molecular complexity index is 503. The predicted molar refractivity (Wildman–Crippen MR) is 82.1 cm³/mol. The number of nitrogens with zero attached hydrogens (tertiary/aromatic N) is 3. The van der Waals surface area contributed by atoms with Crippen molar-refractivity contribution in [3.63, 3.8) is 0 Å². The van der Waals surface area contributed by atoms with Gasteiger partial charge in [0.05, 0.1) is 6.61 Å². The first-order valence-corrected chi connectivity index (χ1v) is 7.99. The molecule has 116 valence electrons. The van der Waals surface area contributed by atoms with Crippen molar-refractivity contribution in [1.29, 1.82) is 0 Å². The van der Waals surface area contributed by atoms with Crippen molar-refractivity contribution < 1.29 is 4.74 Å². The van der Waals surface area contributed by atoms with E-state index in [0.29, 0.717) is 6.04 Å². The van der Waals surface area contributed by atoms with E-state index in [0.717, 1.165) is 31.3 Å². The summed E-state index contributed by atoms with van der Waals surface area (Å²) >= 11 is 0. The molecule has 0 amide bonds. The number of rotatable bonds is 2. The summed E-state index contributed by atoms with van der Waals surface area (Å²) in [6.07, 6.45) is 8.45. The minimum Gasteiger partial charge on any atom is -0.368 e. The van der Waals surface area contributed by atoms with Gasteiger partial charge in [0.2, 0.25) is 0 Å². The van der Waals surface area contributed by atoms with Gasteiger partial charge in [0.15, 0.2) is 11.6 Å². The highest BCUT2D eigenvalue weighted by molar-refractivity contribution is 5.06. The van der Waals surface area contributed by atoms with Gasteiger partial charge >= 0.3 is 0 Å². The maximum atomic E-state index is 5.91. The van der Waals surface area contributed by atoms with Crippen LogP contribution in [0, 0.1) is 0 Å². The molecule has 2 heterocycles. The normalized spacial score (nSPS) is 28.0. The standard InChI is InChI=1S/C16H26N4O/c1-16(2,3)15-17-14(18-19-15)13-11-20(9-10-21-13)12-7-5-4-6-8-12/h5,7,12-13H,4,6,8-11H2,1-3H3,(H,17,18,19)/t12-,13+/m1/s1. The molecule has 1 fully saturated rings. The number of H-pyrrole nitrogens is 1. The molecule has 21 heavy (non-hydrogen) atoms. The summed E-state index contributed by atoms with van der Waals surface area (Å²) in [6.45, 7) is 9.04. The van der Waals surface area contributed by atoms with Crippen LogP contribution in [0.3, 0.4) is 0 Å². The molecule has 0 aromatic carbocycles. The van der Waals surface area contributed by atoms with Crippen LogP contribution in [-0.2, 0) is 10.2 Å². The van der Waals surface area contributed by atoms with Crippen molar-refractivity contribution in [2.75, 3.05) is 19.7 Å². The van der Waals surface area contributed by atoms with Crippen LogP contribution in [0.1, 0.15) is 57.8 Å². The molecule has 2 aliphatic rings. The zero-order valence-corrected chi connectivity index (χ0v) is 13.3. The molecule has 2 atom stereocenters. The highest BCUT2D eigenvalue weighted by Gasteiger charge is 2.30. The van der Waals surface area contributed by atoms with Crippen LogP contribution >= 0.6 is 0 Å². The SMILES string of the molecule is CC(C)(C)c1n[nH]c([C@@H]2CN([C@@H]3C=CCCC3)CCO2)n1. The van der Waals surface area contributed by atoms with Crippen LogP contribution in [0.2, 0.25) is 0 Å². The third-order valence-corrected chi connectivity index (χ3v) is 4.27. The molecule has 1 aromatic heterocycles. The van der Waals surface area contributed by atoms with Crippen molar-refractivity contribution in [3.05, 3.63) is 23.8 Å². The number of hydrogen-bond donors (Lipinski definition) is 1. The molecule has 1 aliphatic heterocycles. The lowest BCUT2D eigenvalue weighted by atomic mass is 9.96. The predicted octanol–water partition coefficient (Wildman–Crippen LogP) is 2.58. The number of hydrogen-bond acceptors (Lipinski definition) is 4. The average Bonchev–Trinajstić information content (AvgIpc) is 2.98. The largest absolute Gasteiger partial charge is 0.368 e. The summed E-state index contributed by atoms with van der Waals surface area (Å²) < 4.78 is 5.91. The number of ether oxygens (including phenoxy) is 1. The van der Waals surface area contributed by atoms with Crippen molar-refractivity contribution in [1.82, 2.24) is 20.1 Å². The molecule has 5 nitrogen and oxygen atoms in total. The number of nitrogens with one attached hydrogen (secondary N) is 1. The molecular weight excluding hydrogens is 264 g/mol. The van der Waals surface area contributed by atoms with Crippen molar-refractivity contribution in [2.45, 2.75) is 57.6 Å². The minimum absolute atomic E-state index is 0.0117. The zero-order valence-electron chi connectivity index (χ0n) is 13.3. The Hall–Kier alpha value is -1.20. The third-order valence-electron chi connectivity index (χ3n) is 4.27. The van der Waals surface area contributed by atoms with E-state index in [1.807, 2.05) is 0 Å². The second kappa shape index (κ2) is 5.89. The van der Waals surface area contributed by atoms with Gasteiger partial charge in [-0.1, -0.05) is 32.9 Å². The van der Waals surface area contributed by atoms with Crippen LogP contribution in [0.25, 0.3) is 0 Å². The van der Waals surface area contributed by atoms with Crippen LogP contribution in [0.5, 0.6) is 0 Å². The molecule has 0 bridgehead atoms. The first-order valence-electron chi connectivity index (χ1n) is 7.99. The van der Waals surface area contributed by atoms with Crippen LogP contribution in [0.15, 0.2) is 12.2 Å². The molecule has 1 aliphatic carbocycles. The molecule has 1 aromatic rings. The Kier molecular flexibility index (Phi) is 4.13. The molecule has 0 spiro atoms. The molecule has 0 unspecified atom stereocenters. The second-order valence-corrected chi connectivity index (χ2v) is 7.08. The Morgan fingerprint density at radius 2 is 2.24 bits per heavy atom. The molecule has 0 radical (unpaired) electrons. The van der Waals surface area contributed by atoms with E-state index < -0.39 is 0 Å². The summed E-state index contributed by atoms with van der Waals surface area (Å²) in [4.78, 5) is 7.17. The highest BCUT2D eigenvalue weighted by atomic mass is 16.5. The molecule has 1 saturated heterocycles. The number of aromatic nitrogens is 3.